The number of anilines is 2. The predicted molar refractivity (Wildman–Crippen MR) is 131 cm³/mol. The summed E-state index contributed by atoms with van der Waals surface area (Å²) in [5, 5.41) is 16.8. The molecule has 3 N–H and O–H groups in total. The van der Waals surface area contributed by atoms with Crippen LogP contribution in [0, 0.1) is 6.92 Å². The number of hydrogen-bond donors (Lipinski definition) is 3. The molecule has 0 aliphatic carbocycles. The lowest BCUT2D eigenvalue weighted by atomic mass is 10.1. The summed E-state index contributed by atoms with van der Waals surface area (Å²) in [5.74, 6) is 0. The van der Waals surface area contributed by atoms with Crippen LogP contribution >= 0.6 is 15.9 Å². The average Bonchev–Trinajstić information content (AvgIpc) is 3.22. The Kier molecular flexibility index (Phi) is 7.38. The molecule has 8 nitrogen and oxygen atoms in total. The highest BCUT2D eigenvalue weighted by Gasteiger charge is 2.20. The standard InChI is InChI=1S/C23H27BrN4O4S/c1-16-15-32-27-22(16)14-26-33(30,31)23-7-4-18(24)12-21(23)25-13-17-2-5-19(6-3-17)28-10-8-20(29)9-11-28/h2-7,12,15,20,25-26,29H,8-11,13-14H2,1H3. The molecule has 1 fully saturated rings. The molecule has 0 atom stereocenters. The third kappa shape index (κ3) is 5.94. The van der Waals surface area contributed by atoms with E-state index in [9.17, 15) is 13.5 Å². The first-order valence-corrected chi connectivity index (χ1v) is 13.0. The van der Waals surface area contributed by atoms with Crippen molar-refractivity contribution in [1.82, 2.24) is 9.88 Å². The fraction of sp³-hybridized carbons (Fsp3) is 0.348. The van der Waals surface area contributed by atoms with Crippen molar-refractivity contribution in [3.63, 3.8) is 0 Å². The number of rotatable bonds is 8. The van der Waals surface area contributed by atoms with Gasteiger partial charge in [-0.3, -0.25) is 0 Å². The van der Waals surface area contributed by atoms with Crippen molar-refractivity contribution in [2.24, 2.45) is 0 Å². The molecule has 10 heteroatoms. The number of nitrogens with zero attached hydrogens (tertiary/aromatic N) is 2. The van der Waals surface area contributed by atoms with E-state index in [0.29, 0.717) is 17.9 Å². The van der Waals surface area contributed by atoms with Crippen molar-refractivity contribution in [2.45, 2.75) is 43.9 Å². The van der Waals surface area contributed by atoms with Crippen LogP contribution in [0.3, 0.4) is 0 Å². The number of aliphatic hydroxyl groups excluding tert-OH is 1. The van der Waals surface area contributed by atoms with Gasteiger partial charge in [0.25, 0.3) is 0 Å². The molecule has 0 unspecified atom stereocenters. The van der Waals surface area contributed by atoms with Crippen molar-refractivity contribution < 1.29 is 18.0 Å². The number of nitrogens with one attached hydrogen (secondary N) is 2. The highest BCUT2D eigenvalue weighted by molar-refractivity contribution is 9.10. The fourth-order valence-electron chi connectivity index (χ4n) is 3.74. The van der Waals surface area contributed by atoms with Crippen LogP contribution in [0.5, 0.6) is 0 Å². The van der Waals surface area contributed by atoms with Crippen LogP contribution in [0.15, 0.2) is 62.6 Å². The van der Waals surface area contributed by atoms with E-state index in [4.69, 9.17) is 4.52 Å². The third-order valence-corrected chi connectivity index (χ3v) is 7.71. The van der Waals surface area contributed by atoms with Gasteiger partial charge in [-0.15, -0.1) is 0 Å². The van der Waals surface area contributed by atoms with Crippen LogP contribution < -0.4 is 14.9 Å². The van der Waals surface area contributed by atoms with Gasteiger partial charge in [-0.1, -0.05) is 33.2 Å². The predicted octanol–water partition coefficient (Wildman–Crippen LogP) is 3.80. The lowest BCUT2D eigenvalue weighted by Crippen LogP contribution is -2.35. The highest BCUT2D eigenvalue weighted by Crippen LogP contribution is 2.27. The zero-order chi connectivity index (χ0) is 23.4. The molecule has 1 aromatic heterocycles. The van der Waals surface area contributed by atoms with Gasteiger partial charge in [0.1, 0.15) is 16.9 Å². The molecule has 1 saturated heterocycles. The number of aliphatic hydroxyl groups is 1. The first-order chi connectivity index (χ1) is 15.8. The van der Waals surface area contributed by atoms with Crippen LogP contribution in [-0.4, -0.2) is 37.9 Å². The summed E-state index contributed by atoms with van der Waals surface area (Å²) < 4.78 is 34.2. The number of halogens is 1. The van der Waals surface area contributed by atoms with Crippen molar-refractivity contribution in [3.8, 4) is 0 Å². The van der Waals surface area contributed by atoms with Crippen LogP contribution in [0.4, 0.5) is 11.4 Å². The molecule has 4 rings (SSSR count). The van der Waals surface area contributed by atoms with Gasteiger partial charge in [0.15, 0.2) is 0 Å². The molecular formula is C23H27BrN4O4S. The molecule has 33 heavy (non-hydrogen) atoms. The van der Waals surface area contributed by atoms with Crippen molar-refractivity contribution in [1.29, 1.82) is 0 Å². The maximum absolute atomic E-state index is 13.0. The Balaban J connectivity index is 1.44. The monoisotopic (exact) mass is 534 g/mol. The number of aromatic nitrogens is 1. The van der Waals surface area contributed by atoms with Gasteiger partial charge < -0.3 is 19.8 Å². The van der Waals surface area contributed by atoms with Crippen LogP contribution in [0.2, 0.25) is 0 Å². The molecule has 0 saturated carbocycles. The van der Waals surface area contributed by atoms with E-state index >= 15 is 0 Å². The second-order valence-corrected chi connectivity index (χ2v) is 10.8. The quantitative estimate of drug-likeness (QED) is 0.403. The number of sulfonamides is 1. The molecule has 0 amide bonds. The van der Waals surface area contributed by atoms with Crippen LogP contribution in [-0.2, 0) is 23.1 Å². The van der Waals surface area contributed by atoms with E-state index in [2.05, 4.69) is 48.2 Å². The first-order valence-electron chi connectivity index (χ1n) is 10.8. The highest BCUT2D eigenvalue weighted by atomic mass is 79.9. The summed E-state index contributed by atoms with van der Waals surface area (Å²) in [7, 11) is -3.77. The minimum absolute atomic E-state index is 0.0508. The zero-order valence-electron chi connectivity index (χ0n) is 18.3. The summed E-state index contributed by atoms with van der Waals surface area (Å²) in [4.78, 5) is 2.43. The van der Waals surface area contributed by atoms with Gasteiger partial charge in [-0.05, 0) is 55.7 Å². The van der Waals surface area contributed by atoms with Gasteiger partial charge in [0.2, 0.25) is 10.0 Å². The Morgan fingerprint density at radius 2 is 1.88 bits per heavy atom. The van der Waals surface area contributed by atoms with Crippen LogP contribution in [0.25, 0.3) is 0 Å². The summed E-state index contributed by atoms with van der Waals surface area (Å²) in [6, 6.07) is 13.2. The summed E-state index contributed by atoms with van der Waals surface area (Å²) in [6.07, 6.45) is 2.85. The zero-order valence-corrected chi connectivity index (χ0v) is 20.7. The number of aryl methyl sites for hydroxylation is 1. The molecule has 2 aromatic carbocycles. The second kappa shape index (κ2) is 10.3. The Labute approximate surface area is 202 Å². The molecule has 0 spiro atoms. The van der Waals surface area contributed by atoms with Crippen molar-refractivity contribution in [2.75, 3.05) is 23.3 Å². The number of benzene rings is 2. The van der Waals surface area contributed by atoms with E-state index < -0.39 is 10.0 Å². The molecule has 2 heterocycles. The van der Waals surface area contributed by atoms with Crippen molar-refractivity contribution in [3.05, 3.63) is 70.0 Å². The van der Waals surface area contributed by atoms with E-state index in [-0.39, 0.29) is 17.5 Å². The van der Waals surface area contributed by atoms with E-state index in [1.807, 2.05) is 19.1 Å². The second-order valence-electron chi connectivity index (χ2n) is 8.15. The average molecular weight is 535 g/mol. The summed E-state index contributed by atoms with van der Waals surface area (Å²) in [5.41, 5.74) is 4.00. The number of hydrogen-bond acceptors (Lipinski definition) is 7. The Morgan fingerprint density at radius 1 is 1.15 bits per heavy atom. The minimum Gasteiger partial charge on any atom is -0.393 e. The van der Waals surface area contributed by atoms with E-state index in [1.54, 1.807) is 18.2 Å². The molecule has 3 aromatic rings. The lowest BCUT2D eigenvalue weighted by molar-refractivity contribution is 0.145. The Bertz CT molecular complexity index is 1190. The van der Waals surface area contributed by atoms with E-state index in [0.717, 1.165) is 47.2 Å². The van der Waals surface area contributed by atoms with Gasteiger partial charge in [-0.2, -0.15) is 0 Å². The maximum atomic E-state index is 13.0. The molecule has 176 valence electrons. The number of piperidine rings is 1. The summed E-state index contributed by atoms with van der Waals surface area (Å²) in [6.45, 7) is 4.03. The molecule has 1 aliphatic heterocycles. The van der Waals surface area contributed by atoms with Gasteiger partial charge in [0, 0.05) is 35.4 Å². The van der Waals surface area contributed by atoms with Gasteiger partial charge in [0.05, 0.1) is 18.3 Å². The van der Waals surface area contributed by atoms with Crippen LogP contribution in [0.1, 0.15) is 29.7 Å². The SMILES string of the molecule is Cc1conc1CNS(=O)(=O)c1ccc(Br)cc1NCc1ccc(N2CCC(O)CC2)cc1. The fourth-order valence-corrected chi connectivity index (χ4v) is 5.25. The Morgan fingerprint density at radius 3 is 2.55 bits per heavy atom. The third-order valence-electron chi connectivity index (χ3n) is 5.76. The largest absolute Gasteiger partial charge is 0.393 e. The van der Waals surface area contributed by atoms with Gasteiger partial charge in [-0.25, -0.2) is 13.1 Å². The molecule has 0 radical (unpaired) electrons. The topological polar surface area (TPSA) is 108 Å². The summed E-state index contributed by atoms with van der Waals surface area (Å²) >= 11 is 3.43. The molecule has 1 aliphatic rings. The maximum Gasteiger partial charge on any atom is 0.242 e. The molecular weight excluding hydrogens is 508 g/mol. The van der Waals surface area contributed by atoms with Gasteiger partial charge >= 0.3 is 0 Å². The Hall–Kier alpha value is -2.40. The smallest absolute Gasteiger partial charge is 0.242 e. The van der Waals surface area contributed by atoms with E-state index in [1.165, 1.54) is 6.26 Å². The molecule has 0 bridgehead atoms. The minimum atomic E-state index is -3.77. The first kappa shape index (κ1) is 23.7. The van der Waals surface area contributed by atoms with Crippen molar-refractivity contribution >= 4 is 37.3 Å². The lowest BCUT2D eigenvalue weighted by Gasteiger charge is -2.31. The normalized spacial score (nSPS) is 15.1.